The van der Waals surface area contributed by atoms with Gasteiger partial charge < -0.3 is 10.4 Å². The second-order valence-electron chi connectivity index (χ2n) is 7.02. The van der Waals surface area contributed by atoms with Crippen LogP contribution in [0.15, 0.2) is 29.2 Å². The summed E-state index contributed by atoms with van der Waals surface area (Å²) in [5.41, 5.74) is 0.225. The third kappa shape index (κ3) is 4.42. The van der Waals surface area contributed by atoms with Crippen LogP contribution in [0.1, 0.15) is 50.4 Å². The van der Waals surface area contributed by atoms with Crippen molar-refractivity contribution in [2.24, 2.45) is 5.92 Å². The van der Waals surface area contributed by atoms with Gasteiger partial charge in [0.2, 0.25) is 10.0 Å². The fourth-order valence-corrected chi connectivity index (χ4v) is 4.78. The van der Waals surface area contributed by atoms with Gasteiger partial charge in [0.25, 0.3) is 5.91 Å². The van der Waals surface area contributed by atoms with Gasteiger partial charge in [-0.05, 0) is 49.9 Å². The van der Waals surface area contributed by atoms with Crippen molar-refractivity contribution in [1.29, 1.82) is 0 Å². The number of piperidine rings is 1. The van der Waals surface area contributed by atoms with Crippen molar-refractivity contribution in [2.45, 2.75) is 57.0 Å². The lowest BCUT2D eigenvalue weighted by atomic mass is 10.0. The number of rotatable bonds is 6. The Morgan fingerprint density at radius 3 is 2.31 bits per heavy atom. The molecule has 1 aromatic carbocycles. The Balaban J connectivity index is 2.17. The van der Waals surface area contributed by atoms with Crippen LogP contribution in [0.25, 0.3) is 0 Å². The number of amides is 1. The van der Waals surface area contributed by atoms with Crippen LogP contribution in [0.2, 0.25) is 0 Å². The molecule has 1 fully saturated rings. The summed E-state index contributed by atoms with van der Waals surface area (Å²) in [5, 5.41) is 11.6. The minimum Gasteiger partial charge on any atom is -0.480 e. The zero-order chi connectivity index (χ0) is 19.5. The van der Waals surface area contributed by atoms with E-state index in [1.807, 2.05) is 6.92 Å². The Morgan fingerprint density at radius 1 is 1.19 bits per heavy atom. The van der Waals surface area contributed by atoms with Gasteiger partial charge in [-0.2, -0.15) is 4.31 Å². The summed E-state index contributed by atoms with van der Waals surface area (Å²) in [6, 6.07) is 4.58. The first-order valence-electron chi connectivity index (χ1n) is 8.80. The van der Waals surface area contributed by atoms with Gasteiger partial charge in [-0.25, -0.2) is 13.2 Å². The highest BCUT2D eigenvalue weighted by Gasteiger charge is 2.31. The Kier molecular flexibility index (Phi) is 6.41. The molecular formula is C18H26N2O5S. The number of carboxylic acid groups (broad SMARTS) is 1. The van der Waals surface area contributed by atoms with Gasteiger partial charge in [0, 0.05) is 18.2 Å². The number of benzene rings is 1. The Bertz CT molecular complexity index is 758. The van der Waals surface area contributed by atoms with Crippen molar-refractivity contribution < 1.29 is 23.1 Å². The van der Waals surface area contributed by atoms with Gasteiger partial charge >= 0.3 is 5.97 Å². The average molecular weight is 382 g/mol. The number of nitrogens with zero attached hydrogens (tertiary/aromatic N) is 1. The van der Waals surface area contributed by atoms with Crippen molar-refractivity contribution in [3.05, 3.63) is 29.8 Å². The Morgan fingerprint density at radius 2 is 1.81 bits per heavy atom. The van der Waals surface area contributed by atoms with Gasteiger partial charge in [0.15, 0.2) is 0 Å². The molecule has 2 atom stereocenters. The van der Waals surface area contributed by atoms with E-state index in [1.165, 1.54) is 28.6 Å². The number of nitrogens with one attached hydrogen (secondary N) is 1. The van der Waals surface area contributed by atoms with E-state index >= 15 is 0 Å². The summed E-state index contributed by atoms with van der Waals surface area (Å²) in [5.74, 6) is -1.91. The lowest BCUT2D eigenvalue weighted by Crippen LogP contribution is -2.44. The minimum absolute atomic E-state index is 0.0425. The second-order valence-corrected chi connectivity index (χ2v) is 8.91. The molecule has 0 aliphatic carbocycles. The molecule has 0 radical (unpaired) electrons. The first kappa shape index (κ1) is 20.4. The molecule has 144 valence electrons. The number of sulfonamides is 1. The van der Waals surface area contributed by atoms with Crippen molar-refractivity contribution in [2.75, 3.05) is 6.54 Å². The molecule has 0 bridgehead atoms. The molecule has 2 N–H and O–H groups in total. The molecule has 2 unspecified atom stereocenters. The summed E-state index contributed by atoms with van der Waals surface area (Å²) in [6.07, 6.45) is 2.70. The van der Waals surface area contributed by atoms with Crippen molar-refractivity contribution >= 4 is 21.9 Å². The highest BCUT2D eigenvalue weighted by molar-refractivity contribution is 7.89. The van der Waals surface area contributed by atoms with E-state index < -0.39 is 27.9 Å². The smallest absolute Gasteiger partial charge is 0.326 e. The van der Waals surface area contributed by atoms with Crippen molar-refractivity contribution in [1.82, 2.24) is 9.62 Å². The number of carbonyl (C=O) groups excluding carboxylic acids is 1. The lowest BCUT2D eigenvalue weighted by molar-refractivity contribution is -0.140. The van der Waals surface area contributed by atoms with E-state index in [2.05, 4.69) is 5.32 Å². The van der Waals surface area contributed by atoms with E-state index in [1.54, 1.807) is 13.8 Å². The Hall–Kier alpha value is -1.93. The standard InChI is InChI=1S/C18H26N2O5S/c1-12(2)16(18(22)23)19-17(21)14-7-9-15(10-8-14)26(24,25)20-11-5-4-6-13(20)3/h7-10,12-13,16H,4-6,11H2,1-3H3,(H,19,21)(H,22,23). The van der Waals surface area contributed by atoms with Crippen LogP contribution in [0.5, 0.6) is 0 Å². The highest BCUT2D eigenvalue weighted by Crippen LogP contribution is 2.25. The fourth-order valence-electron chi connectivity index (χ4n) is 3.08. The number of carbonyl (C=O) groups is 2. The second kappa shape index (κ2) is 8.18. The van der Waals surface area contributed by atoms with Crippen LogP contribution in [0.4, 0.5) is 0 Å². The predicted molar refractivity (Wildman–Crippen MR) is 97.4 cm³/mol. The van der Waals surface area contributed by atoms with Gasteiger partial charge in [-0.1, -0.05) is 20.3 Å². The first-order valence-corrected chi connectivity index (χ1v) is 10.2. The lowest BCUT2D eigenvalue weighted by Gasteiger charge is -2.32. The molecule has 1 saturated heterocycles. The molecular weight excluding hydrogens is 356 g/mol. The summed E-state index contributed by atoms with van der Waals surface area (Å²) >= 11 is 0. The number of hydrogen-bond acceptors (Lipinski definition) is 4. The normalized spacial score (nSPS) is 19.9. The zero-order valence-electron chi connectivity index (χ0n) is 15.3. The maximum absolute atomic E-state index is 12.8. The van der Waals surface area contributed by atoms with Crippen LogP contribution in [0.3, 0.4) is 0 Å². The minimum atomic E-state index is -3.60. The van der Waals surface area contributed by atoms with E-state index in [4.69, 9.17) is 5.11 Å². The number of carboxylic acids is 1. The van der Waals surface area contributed by atoms with E-state index in [9.17, 15) is 18.0 Å². The average Bonchev–Trinajstić information content (AvgIpc) is 2.59. The van der Waals surface area contributed by atoms with Gasteiger partial charge in [0.1, 0.15) is 6.04 Å². The van der Waals surface area contributed by atoms with E-state index in [-0.39, 0.29) is 22.4 Å². The topological polar surface area (TPSA) is 104 Å². The predicted octanol–water partition coefficient (Wildman–Crippen LogP) is 2.09. The van der Waals surface area contributed by atoms with E-state index in [0.29, 0.717) is 6.54 Å². The summed E-state index contributed by atoms with van der Waals surface area (Å²) in [4.78, 5) is 23.6. The Labute approximate surface area is 154 Å². The van der Waals surface area contributed by atoms with Crippen molar-refractivity contribution in [3.63, 3.8) is 0 Å². The molecule has 0 aromatic heterocycles. The molecule has 2 rings (SSSR count). The maximum Gasteiger partial charge on any atom is 0.326 e. The maximum atomic E-state index is 12.8. The summed E-state index contributed by atoms with van der Waals surface area (Å²) in [6.45, 7) is 5.81. The third-order valence-electron chi connectivity index (χ3n) is 4.68. The van der Waals surface area contributed by atoms with Gasteiger partial charge in [-0.15, -0.1) is 0 Å². The first-order chi connectivity index (χ1) is 12.1. The molecule has 26 heavy (non-hydrogen) atoms. The molecule has 8 heteroatoms. The van der Waals surface area contributed by atoms with Gasteiger partial charge in [0.05, 0.1) is 4.90 Å². The largest absolute Gasteiger partial charge is 0.480 e. The third-order valence-corrected chi connectivity index (χ3v) is 6.71. The number of hydrogen-bond donors (Lipinski definition) is 2. The molecule has 0 spiro atoms. The summed E-state index contributed by atoms with van der Waals surface area (Å²) in [7, 11) is -3.60. The van der Waals surface area contributed by atoms with Crippen LogP contribution in [-0.4, -0.2) is 48.3 Å². The quantitative estimate of drug-likeness (QED) is 0.784. The monoisotopic (exact) mass is 382 g/mol. The van der Waals surface area contributed by atoms with Crippen LogP contribution in [-0.2, 0) is 14.8 Å². The van der Waals surface area contributed by atoms with Crippen LogP contribution >= 0.6 is 0 Å². The fraction of sp³-hybridized carbons (Fsp3) is 0.556. The number of aliphatic carboxylic acids is 1. The molecule has 0 saturated carbocycles. The van der Waals surface area contributed by atoms with Gasteiger partial charge in [-0.3, -0.25) is 4.79 Å². The van der Waals surface area contributed by atoms with Crippen LogP contribution in [0, 0.1) is 5.92 Å². The van der Waals surface area contributed by atoms with Crippen LogP contribution < -0.4 is 5.32 Å². The zero-order valence-corrected chi connectivity index (χ0v) is 16.1. The highest BCUT2D eigenvalue weighted by atomic mass is 32.2. The van der Waals surface area contributed by atoms with Crippen molar-refractivity contribution in [3.8, 4) is 0 Å². The molecule has 1 amide bonds. The van der Waals surface area contributed by atoms with E-state index in [0.717, 1.165) is 19.3 Å². The molecule has 7 nitrogen and oxygen atoms in total. The molecule has 1 aromatic rings. The molecule has 1 heterocycles. The summed E-state index contributed by atoms with van der Waals surface area (Å²) < 4.78 is 27.1. The molecule has 1 aliphatic rings. The molecule has 1 aliphatic heterocycles. The SMILES string of the molecule is CC(C)C(NC(=O)c1ccc(S(=O)(=O)N2CCCCC2C)cc1)C(=O)O.